The topological polar surface area (TPSA) is 99.0 Å². The molecule has 3 aromatic rings. The molecule has 0 amide bonds. The van der Waals surface area contributed by atoms with Crippen molar-refractivity contribution in [2.24, 2.45) is 0 Å². The molecule has 0 aliphatic carbocycles. The maximum Gasteiger partial charge on any atom is 0.338 e. The second-order valence-corrected chi connectivity index (χ2v) is 5.56. The number of aromatic nitrogens is 2. The summed E-state index contributed by atoms with van der Waals surface area (Å²) < 4.78 is 5.03. The highest BCUT2D eigenvalue weighted by molar-refractivity contribution is 6.30. The van der Waals surface area contributed by atoms with Crippen LogP contribution in [0.25, 0.3) is 16.6 Å². The van der Waals surface area contributed by atoms with Gasteiger partial charge in [0.05, 0.1) is 16.6 Å². The zero-order valence-electron chi connectivity index (χ0n) is 12.9. The monoisotopic (exact) mass is 353 g/mol. The number of fused-ring (bicyclic) bond motifs is 1. The van der Waals surface area contributed by atoms with E-state index in [1.807, 2.05) is 18.2 Å². The van der Waals surface area contributed by atoms with Crippen molar-refractivity contribution >= 4 is 34.2 Å². The van der Waals surface area contributed by atoms with E-state index >= 15 is 0 Å². The van der Waals surface area contributed by atoms with Crippen molar-refractivity contribution in [2.45, 2.75) is 0 Å². The molecule has 7 heteroatoms. The Balaban J connectivity index is 1.80. The van der Waals surface area contributed by atoms with E-state index in [4.69, 9.17) is 16.3 Å². The Morgan fingerprint density at radius 2 is 2.08 bits per heavy atom. The van der Waals surface area contributed by atoms with Gasteiger partial charge in [-0.05, 0) is 30.3 Å². The number of aliphatic hydroxyl groups excluding tert-OH is 1. The van der Waals surface area contributed by atoms with Crippen molar-refractivity contribution in [3.63, 3.8) is 0 Å². The minimum atomic E-state index is -0.657. The van der Waals surface area contributed by atoms with E-state index in [1.54, 1.807) is 30.3 Å². The molecular formula is C18H12ClN3O3. The van der Waals surface area contributed by atoms with Gasteiger partial charge in [0.25, 0.3) is 0 Å². The van der Waals surface area contributed by atoms with Gasteiger partial charge in [-0.15, -0.1) is 0 Å². The first-order chi connectivity index (χ1) is 12.1. The minimum absolute atomic E-state index is 0.0879. The van der Waals surface area contributed by atoms with Crippen LogP contribution in [0.5, 0.6) is 0 Å². The number of aliphatic hydroxyl groups is 1. The zero-order chi connectivity index (χ0) is 17.8. The van der Waals surface area contributed by atoms with Gasteiger partial charge in [0.15, 0.2) is 11.6 Å². The number of allylic oxidation sites excluding steroid dienone is 1. The number of carbonyl (C=O) groups is 1. The molecule has 0 unspecified atom stereocenters. The van der Waals surface area contributed by atoms with Gasteiger partial charge in [-0.25, -0.2) is 9.78 Å². The number of hydrogen-bond donors (Lipinski definition) is 2. The predicted molar refractivity (Wildman–Crippen MR) is 93.0 cm³/mol. The predicted octanol–water partition coefficient (Wildman–Crippen LogP) is 3.87. The zero-order valence-corrected chi connectivity index (χ0v) is 13.6. The number of hydrogen-bond acceptors (Lipinski definition) is 5. The number of para-hydroxylation sites is 2. The molecule has 0 bridgehead atoms. The molecule has 0 radical (unpaired) electrons. The molecule has 2 N–H and O–H groups in total. The van der Waals surface area contributed by atoms with Crippen LogP contribution in [-0.2, 0) is 4.74 Å². The quantitative estimate of drug-likeness (QED) is 0.421. The Hall–Kier alpha value is -3.30. The molecule has 0 aliphatic heterocycles. The molecule has 6 nitrogen and oxygen atoms in total. The maximum atomic E-state index is 12.0. The van der Waals surface area contributed by atoms with Crippen LogP contribution in [0.3, 0.4) is 0 Å². The van der Waals surface area contributed by atoms with Crippen molar-refractivity contribution in [1.29, 1.82) is 5.26 Å². The summed E-state index contributed by atoms with van der Waals surface area (Å²) in [5.74, 6) is -0.840. The molecule has 0 atom stereocenters. The van der Waals surface area contributed by atoms with Crippen LogP contribution >= 0.6 is 11.6 Å². The van der Waals surface area contributed by atoms with Gasteiger partial charge < -0.3 is 14.8 Å². The van der Waals surface area contributed by atoms with Crippen LogP contribution < -0.4 is 0 Å². The van der Waals surface area contributed by atoms with E-state index in [0.29, 0.717) is 10.5 Å². The van der Waals surface area contributed by atoms with Crippen molar-refractivity contribution in [3.8, 4) is 6.07 Å². The Labute approximate surface area is 147 Å². The largest absolute Gasteiger partial charge is 0.507 e. The lowest BCUT2D eigenvalue weighted by Crippen LogP contribution is -2.09. The summed E-state index contributed by atoms with van der Waals surface area (Å²) in [5, 5.41) is 19.8. The third kappa shape index (κ3) is 3.62. The standard InChI is InChI=1S/C18H12ClN3O3/c19-12-5-3-4-11(8-12)18(24)25-10-16(23)13(9-20)17-21-14-6-1-2-7-15(14)22-17/h1-8,23H,10H2,(H,21,22)/b16-13-. The van der Waals surface area contributed by atoms with Gasteiger partial charge >= 0.3 is 5.97 Å². The third-order valence-electron chi connectivity index (χ3n) is 3.43. The fourth-order valence-electron chi connectivity index (χ4n) is 2.23. The summed E-state index contributed by atoms with van der Waals surface area (Å²) in [7, 11) is 0. The van der Waals surface area contributed by atoms with Crippen LogP contribution in [0.2, 0.25) is 5.02 Å². The molecule has 1 heterocycles. The second-order valence-electron chi connectivity index (χ2n) is 5.12. The van der Waals surface area contributed by atoms with E-state index in [2.05, 4.69) is 9.97 Å². The summed E-state index contributed by atoms with van der Waals surface area (Å²) in [5.41, 5.74) is 1.56. The van der Waals surface area contributed by atoms with E-state index in [1.165, 1.54) is 6.07 Å². The molecular weight excluding hydrogens is 342 g/mol. The number of aromatic amines is 1. The Morgan fingerprint density at radius 3 is 2.80 bits per heavy atom. The maximum absolute atomic E-state index is 12.0. The van der Waals surface area contributed by atoms with Gasteiger partial charge in [0.2, 0.25) is 0 Å². The molecule has 124 valence electrons. The highest BCUT2D eigenvalue weighted by Crippen LogP contribution is 2.19. The van der Waals surface area contributed by atoms with Crippen molar-refractivity contribution in [3.05, 3.63) is 70.7 Å². The number of carbonyl (C=O) groups excluding carboxylic acids is 1. The fraction of sp³-hybridized carbons (Fsp3) is 0.0556. The van der Waals surface area contributed by atoms with Crippen LogP contribution in [0.4, 0.5) is 0 Å². The van der Waals surface area contributed by atoms with Crippen molar-refractivity contribution in [2.75, 3.05) is 6.61 Å². The number of H-pyrrole nitrogens is 1. The van der Waals surface area contributed by atoms with E-state index in [0.717, 1.165) is 5.52 Å². The SMILES string of the molecule is N#C/C(=C(/O)COC(=O)c1cccc(Cl)c1)c1nc2ccccc2[nH]1. The smallest absolute Gasteiger partial charge is 0.338 e. The number of imidazole rings is 1. The lowest BCUT2D eigenvalue weighted by atomic mass is 10.2. The molecule has 0 spiro atoms. The number of nitrogens with one attached hydrogen (secondary N) is 1. The first-order valence-electron chi connectivity index (χ1n) is 7.28. The summed E-state index contributed by atoms with van der Waals surface area (Å²) in [6.45, 7) is -0.453. The van der Waals surface area contributed by atoms with Crippen LogP contribution in [-0.4, -0.2) is 27.7 Å². The van der Waals surface area contributed by atoms with E-state index in [9.17, 15) is 15.2 Å². The summed E-state index contributed by atoms with van der Waals surface area (Å²) in [4.78, 5) is 19.2. The normalized spacial score (nSPS) is 11.7. The van der Waals surface area contributed by atoms with Gasteiger partial charge in [-0.3, -0.25) is 0 Å². The fourth-order valence-corrected chi connectivity index (χ4v) is 2.42. The first kappa shape index (κ1) is 16.6. The lowest BCUT2D eigenvalue weighted by Gasteiger charge is -2.05. The molecule has 1 aromatic heterocycles. The Morgan fingerprint density at radius 1 is 1.28 bits per heavy atom. The molecule has 0 aliphatic rings. The molecule has 25 heavy (non-hydrogen) atoms. The lowest BCUT2D eigenvalue weighted by molar-refractivity contribution is 0.0503. The number of halogens is 1. The number of benzene rings is 2. The van der Waals surface area contributed by atoms with Crippen molar-refractivity contribution < 1.29 is 14.6 Å². The molecule has 0 saturated carbocycles. The average Bonchev–Trinajstić information content (AvgIpc) is 3.03. The van der Waals surface area contributed by atoms with E-state index in [-0.39, 0.29) is 17.0 Å². The van der Waals surface area contributed by atoms with Gasteiger partial charge in [0.1, 0.15) is 18.2 Å². The second kappa shape index (κ2) is 7.07. The summed E-state index contributed by atoms with van der Waals surface area (Å²) >= 11 is 5.82. The Kier molecular flexibility index (Phi) is 4.68. The first-order valence-corrected chi connectivity index (χ1v) is 7.66. The molecule has 0 saturated heterocycles. The van der Waals surface area contributed by atoms with Gasteiger partial charge in [-0.1, -0.05) is 29.8 Å². The highest BCUT2D eigenvalue weighted by atomic mass is 35.5. The number of esters is 1. The van der Waals surface area contributed by atoms with Crippen LogP contribution in [0, 0.1) is 11.3 Å². The number of rotatable bonds is 4. The van der Waals surface area contributed by atoms with Gasteiger partial charge in [0, 0.05) is 5.02 Å². The number of nitrogens with zero attached hydrogens (tertiary/aromatic N) is 2. The van der Waals surface area contributed by atoms with Gasteiger partial charge in [-0.2, -0.15) is 5.26 Å². The van der Waals surface area contributed by atoms with Crippen LogP contribution in [0.1, 0.15) is 16.2 Å². The van der Waals surface area contributed by atoms with E-state index < -0.39 is 18.3 Å². The van der Waals surface area contributed by atoms with Crippen molar-refractivity contribution in [1.82, 2.24) is 9.97 Å². The Bertz CT molecular complexity index is 985. The number of ether oxygens (including phenoxy) is 1. The summed E-state index contributed by atoms with van der Waals surface area (Å²) in [6, 6.07) is 15.3. The molecule has 0 fully saturated rings. The third-order valence-corrected chi connectivity index (χ3v) is 3.66. The molecule has 3 rings (SSSR count). The number of nitriles is 1. The molecule has 2 aromatic carbocycles. The highest BCUT2D eigenvalue weighted by Gasteiger charge is 2.15. The summed E-state index contributed by atoms with van der Waals surface area (Å²) in [6.07, 6.45) is 0. The average molecular weight is 354 g/mol. The minimum Gasteiger partial charge on any atom is -0.507 e. The van der Waals surface area contributed by atoms with Crippen LogP contribution in [0.15, 0.2) is 54.3 Å².